The maximum Gasteiger partial charge on any atom is 0.258 e. The molecule has 0 aliphatic carbocycles. The molecule has 2 N–H and O–H groups in total. The van der Waals surface area contributed by atoms with Crippen LogP contribution >= 0.6 is 23.2 Å². The van der Waals surface area contributed by atoms with E-state index in [4.69, 9.17) is 23.2 Å². The predicted molar refractivity (Wildman–Crippen MR) is 72.5 cm³/mol. The van der Waals surface area contributed by atoms with Crippen LogP contribution in [0.2, 0.25) is 10.0 Å². The highest BCUT2D eigenvalue weighted by molar-refractivity contribution is 6.32. The van der Waals surface area contributed by atoms with Crippen LogP contribution < -0.4 is 5.32 Å². The van der Waals surface area contributed by atoms with Gasteiger partial charge < -0.3 is 10.4 Å². The second kappa shape index (κ2) is 5.47. The molecule has 98 valence electrons. The summed E-state index contributed by atoms with van der Waals surface area (Å²) in [5.74, 6) is -1.43. The Kier molecular flexibility index (Phi) is 3.93. The minimum Gasteiger partial charge on any atom is -0.506 e. The fourth-order valence-electron chi connectivity index (χ4n) is 1.45. The lowest BCUT2D eigenvalue weighted by molar-refractivity contribution is 0.102. The van der Waals surface area contributed by atoms with Crippen LogP contribution in [0.4, 0.5) is 10.1 Å². The third-order valence-corrected chi connectivity index (χ3v) is 2.92. The van der Waals surface area contributed by atoms with Crippen LogP contribution in [0, 0.1) is 5.82 Å². The van der Waals surface area contributed by atoms with Gasteiger partial charge >= 0.3 is 0 Å². The van der Waals surface area contributed by atoms with Gasteiger partial charge in [-0.25, -0.2) is 4.39 Å². The predicted octanol–water partition coefficient (Wildman–Crippen LogP) is 4.09. The molecule has 19 heavy (non-hydrogen) atoms. The van der Waals surface area contributed by atoms with E-state index in [0.29, 0.717) is 5.69 Å². The van der Waals surface area contributed by atoms with Crippen LogP contribution in [0.25, 0.3) is 0 Å². The van der Waals surface area contributed by atoms with Gasteiger partial charge in [-0.3, -0.25) is 4.79 Å². The number of benzene rings is 2. The van der Waals surface area contributed by atoms with E-state index in [1.807, 2.05) is 0 Å². The lowest BCUT2D eigenvalue weighted by Gasteiger charge is -2.07. The Hall–Kier alpha value is -1.78. The van der Waals surface area contributed by atoms with Gasteiger partial charge in [0.05, 0.1) is 10.6 Å². The van der Waals surface area contributed by atoms with Crippen molar-refractivity contribution >= 4 is 34.8 Å². The van der Waals surface area contributed by atoms with E-state index >= 15 is 0 Å². The van der Waals surface area contributed by atoms with E-state index in [0.717, 1.165) is 6.07 Å². The Morgan fingerprint density at radius 1 is 1.16 bits per heavy atom. The van der Waals surface area contributed by atoms with Crippen molar-refractivity contribution in [3.63, 3.8) is 0 Å². The van der Waals surface area contributed by atoms with Crippen molar-refractivity contribution < 1.29 is 14.3 Å². The van der Waals surface area contributed by atoms with Gasteiger partial charge in [0.2, 0.25) is 0 Å². The van der Waals surface area contributed by atoms with Gasteiger partial charge in [0, 0.05) is 10.7 Å². The molecule has 0 spiro atoms. The molecular weight excluding hydrogens is 292 g/mol. The van der Waals surface area contributed by atoms with Crippen molar-refractivity contribution in [2.24, 2.45) is 0 Å². The molecule has 6 heteroatoms. The first-order valence-corrected chi connectivity index (χ1v) is 5.98. The molecule has 0 fully saturated rings. The first-order chi connectivity index (χ1) is 8.97. The highest BCUT2D eigenvalue weighted by Crippen LogP contribution is 2.26. The van der Waals surface area contributed by atoms with E-state index in [1.54, 1.807) is 0 Å². The molecule has 2 aromatic carbocycles. The fourth-order valence-corrected chi connectivity index (χ4v) is 1.81. The quantitative estimate of drug-likeness (QED) is 0.821. The average molecular weight is 300 g/mol. The Bertz CT molecular complexity index is 647. The molecule has 2 aromatic rings. The fraction of sp³-hybridized carbons (Fsp3) is 0. The van der Waals surface area contributed by atoms with Crippen LogP contribution in [0.5, 0.6) is 5.75 Å². The lowest BCUT2D eigenvalue weighted by Crippen LogP contribution is -2.13. The van der Waals surface area contributed by atoms with Gasteiger partial charge in [0.1, 0.15) is 11.6 Å². The summed E-state index contributed by atoms with van der Waals surface area (Å²) in [5.41, 5.74) is 0.170. The minimum atomic E-state index is -0.674. The second-order valence-electron chi connectivity index (χ2n) is 3.74. The van der Waals surface area contributed by atoms with Gasteiger partial charge in [-0.2, -0.15) is 0 Å². The summed E-state index contributed by atoms with van der Waals surface area (Å²) in [4.78, 5) is 11.9. The smallest absolute Gasteiger partial charge is 0.258 e. The maximum absolute atomic E-state index is 13.5. The number of phenolic OH excluding ortho intramolecular Hbond substituents is 1. The zero-order valence-electron chi connectivity index (χ0n) is 9.45. The number of carbonyl (C=O) groups is 1. The molecule has 0 bridgehead atoms. The number of carbonyl (C=O) groups excluding carboxylic acids is 1. The Balaban J connectivity index is 2.25. The van der Waals surface area contributed by atoms with Gasteiger partial charge in [-0.1, -0.05) is 23.2 Å². The van der Waals surface area contributed by atoms with Gasteiger partial charge in [0.25, 0.3) is 5.91 Å². The molecule has 2 rings (SSSR count). The van der Waals surface area contributed by atoms with Gasteiger partial charge in [-0.05, 0) is 36.4 Å². The molecule has 0 saturated carbocycles. The third kappa shape index (κ3) is 3.16. The monoisotopic (exact) mass is 299 g/mol. The second-order valence-corrected chi connectivity index (χ2v) is 4.59. The summed E-state index contributed by atoms with van der Waals surface area (Å²) in [6.45, 7) is 0. The third-order valence-electron chi connectivity index (χ3n) is 2.38. The van der Waals surface area contributed by atoms with Gasteiger partial charge in [0.15, 0.2) is 0 Å². The summed E-state index contributed by atoms with van der Waals surface area (Å²) in [6, 6.07) is 7.82. The normalized spacial score (nSPS) is 10.3. The van der Waals surface area contributed by atoms with E-state index in [1.165, 1.54) is 30.3 Å². The largest absolute Gasteiger partial charge is 0.506 e. The molecule has 0 heterocycles. The molecule has 0 radical (unpaired) electrons. The zero-order valence-corrected chi connectivity index (χ0v) is 11.0. The molecule has 0 saturated heterocycles. The van der Waals surface area contributed by atoms with Gasteiger partial charge in [-0.15, -0.1) is 0 Å². The van der Waals surface area contributed by atoms with Crippen molar-refractivity contribution in [2.45, 2.75) is 0 Å². The van der Waals surface area contributed by atoms with Crippen LogP contribution in [-0.4, -0.2) is 11.0 Å². The van der Waals surface area contributed by atoms with E-state index in [9.17, 15) is 14.3 Å². The summed E-state index contributed by atoms with van der Waals surface area (Å²) >= 11 is 11.4. The minimum absolute atomic E-state index is 0.0874. The zero-order chi connectivity index (χ0) is 14.0. The molecule has 0 aliphatic rings. The number of nitrogens with one attached hydrogen (secondary N) is 1. The average Bonchev–Trinajstić information content (AvgIpc) is 2.36. The topological polar surface area (TPSA) is 49.3 Å². The molecule has 0 aromatic heterocycles. The van der Waals surface area contributed by atoms with Crippen LogP contribution in [0.15, 0.2) is 36.4 Å². The number of halogens is 3. The number of anilines is 1. The molecular formula is C13H8Cl2FNO2. The number of aromatic hydroxyl groups is 1. The highest BCUT2D eigenvalue weighted by Gasteiger charge is 2.13. The van der Waals surface area contributed by atoms with Crippen molar-refractivity contribution in [3.8, 4) is 5.75 Å². The number of rotatable bonds is 2. The van der Waals surface area contributed by atoms with Crippen LogP contribution in [0.3, 0.4) is 0 Å². The number of hydrogen-bond acceptors (Lipinski definition) is 2. The number of hydrogen-bond donors (Lipinski definition) is 2. The van der Waals surface area contributed by atoms with E-state index in [2.05, 4.69) is 5.32 Å². The molecule has 0 aliphatic heterocycles. The molecule has 3 nitrogen and oxygen atoms in total. The lowest BCUT2D eigenvalue weighted by atomic mass is 10.2. The summed E-state index contributed by atoms with van der Waals surface area (Å²) in [6.07, 6.45) is 0. The highest BCUT2D eigenvalue weighted by atomic mass is 35.5. The van der Waals surface area contributed by atoms with Crippen molar-refractivity contribution in [1.29, 1.82) is 0 Å². The van der Waals surface area contributed by atoms with E-state index < -0.39 is 11.7 Å². The summed E-state index contributed by atoms with van der Waals surface area (Å²) in [5, 5.41) is 12.1. The summed E-state index contributed by atoms with van der Waals surface area (Å²) < 4.78 is 13.5. The Morgan fingerprint density at radius 3 is 2.58 bits per heavy atom. The Labute approximate surface area is 118 Å². The Morgan fingerprint density at radius 2 is 1.89 bits per heavy atom. The van der Waals surface area contributed by atoms with Crippen molar-refractivity contribution in [1.82, 2.24) is 0 Å². The van der Waals surface area contributed by atoms with Crippen molar-refractivity contribution in [3.05, 3.63) is 57.8 Å². The maximum atomic E-state index is 13.5. The number of phenols is 1. The van der Waals surface area contributed by atoms with E-state index in [-0.39, 0.29) is 21.4 Å². The molecule has 0 unspecified atom stereocenters. The van der Waals surface area contributed by atoms with Crippen LogP contribution in [0.1, 0.15) is 10.4 Å². The van der Waals surface area contributed by atoms with Crippen LogP contribution in [-0.2, 0) is 0 Å². The first kappa shape index (κ1) is 13.6. The molecule has 1 amide bonds. The number of amides is 1. The SMILES string of the molecule is O=C(Nc1ccc(O)c(Cl)c1)c1cc(Cl)ccc1F. The summed E-state index contributed by atoms with van der Waals surface area (Å²) in [7, 11) is 0. The molecule has 0 atom stereocenters. The van der Waals surface area contributed by atoms with Crippen molar-refractivity contribution in [2.75, 3.05) is 5.32 Å². The standard InChI is InChI=1S/C13H8Cl2FNO2/c14-7-1-3-11(16)9(5-7)13(19)17-8-2-4-12(18)10(15)6-8/h1-6,18H,(H,17,19). The first-order valence-electron chi connectivity index (χ1n) is 5.22.